The summed E-state index contributed by atoms with van der Waals surface area (Å²) >= 11 is 0. The number of hydrogen-bond donors (Lipinski definition) is 0. The lowest BCUT2D eigenvalue weighted by Gasteiger charge is -2.17. The lowest BCUT2D eigenvalue weighted by molar-refractivity contribution is -0.141. The van der Waals surface area contributed by atoms with E-state index in [1.54, 1.807) is 14.2 Å². The van der Waals surface area contributed by atoms with Gasteiger partial charge >= 0.3 is 5.97 Å². The third-order valence-electron chi connectivity index (χ3n) is 4.80. The Morgan fingerprint density at radius 1 is 1.00 bits per heavy atom. The van der Waals surface area contributed by atoms with Crippen LogP contribution in [0, 0.1) is 18.8 Å². The molecule has 1 heterocycles. The van der Waals surface area contributed by atoms with Crippen molar-refractivity contribution in [2.75, 3.05) is 20.8 Å². The first-order valence-corrected chi connectivity index (χ1v) is 8.53. The van der Waals surface area contributed by atoms with Gasteiger partial charge in [-0.25, -0.2) is 0 Å². The molecule has 0 N–H and O–H groups in total. The summed E-state index contributed by atoms with van der Waals surface area (Å²) < 4.78 is 16.0. The van der Waals surface area contributed by atoms with Gasteiger partial charge in [-0.1, -0.05) is 35.9 Å². The van der Waals surface area contributed by atoms with Crippen molar-refractivity contribution in [3.8, 4) is 11.5 Å². The van der Waals surface area contributed by atoms with Crippen LogP contribution >= 0.6 is 0 Å². The number of rotatable bonds is 6. The molecule has 2 aromatic rings. The predicted octanol–water partition coefficient (Wildman–Crippen LogP) is 3.59. The monoisotopic (exact) mass is 340 g/mol. The summed E-state index contributed by atoms with van der Waals surface area (Å²) in [6, 6.07) is 14.2. The molecular weight excluding hydrogens is 316 g/mol. The van der Waals surface area contributed by atoms with E-state index in [4.69, 9.17) is 14.2 Å². The number of cyclic esters (lactones) is 1. The van der Waals surface area contributed by atoms with Crippen LogP contribution in [-0.2, 0) is 22.4 Å². The Bertz CT molecular complexity index is 753. The average molecular weight is 340 g/mol. The molecule has 1 aliphatic heterocycles. The fourth-order valence-corrected chi connectivity index (χ4v) is 3.46. The van der Waals surface area contributed by atoms with Crippen LogP contribution in [0.2, 0.25) is 0 Å². The summed E-state index contributed by atoms with van der Waals surface area (Å²) in [6.07, 6.45) is 1.50. The standard InChI is InChI=1S/C21H24O4/c1-14-5-4-6-15(9-14)11-18-17(13-25-21(18)22)10-16-7-8-19(23-2)20(12-16)24-3/h4-9,12,17-18H,10-11,13H2,1-3H3/t17-,18+/m0/s1. The van der Waals surface area contributed by atoms with Crippen LogP contribution in [0.5, 0.6) is 11.5 Å². The van der Waals surface area contributed by atoms with Gasteiger partial charge in [0, 0.05) is 5.92 Å². The van der Waals surface area contributed by atoms with E-state index in [1.165, 1.54) is 11.1 Å². The first kappa shape index (κ1) is 17.3. The van der Waals surface area contributed by atoms with E-state index in [2.05, 4.69) is 25.1 Å². The van der Waals surface area contributed by atoms with Crippen LogP contribution in [0.4, 0.5) is 0 Å². The van der Waals surface area contributed by atoms with Gasteiger partial charge in [-0.3, -0.25) is 4.79 Å². The molecule has 0 aliphatic carbocycles. The number of aryl methyl sites for hydroxylation is 1. The molecule has 132 valence electrons. The molecule has 3 rings (SSSR count). The molecule has 4 heteroatoms. The maximum absolute atomic E-state index is 12.2. The largest absolute Gasteiger partial charge is 0.493 e. The highest BCUT2D eigenvalue weighted by atomic mass is 16.5. The Morgan fingerprint density at radius 3 is 2.48 bits per heavy atom. The fourth-order valence-electron chi connectivity index (χ4n) is 3.46. The predicted molar refractivity (Wildman–Crippen MR) is 96.1 cm³/mol. The van der Waals surface area contributed by atoms with Crippen LogP contribution in [-0.4, -0.2) is 26.8 Å². The molecule has 25 heavy (non-hydrogen) atoms. The van der Waals surface area contributed by atoms with E-state index in [0.29, 0.717) is 18.1 Å². The van der Waals surface area contributed by atoms with Gasteiger partial charge in [-0.15, -0.1) is 0 Å². The van der Waals surface area contributed by atoms with Gasteiger partial charge in [0.2, 0.25) is 0 Å². The van der Waals surface area contributed by atoms with Crippen molar-refractivity contribution in [1.29, 1.82) is 0 Å². The second-order valence-corrected chi connectivity index (χ2v) is 6.58. The van der Waals surface area contributed by atoms with E-state index < -0.39 is 0 Å². The third-order valence-corrected chi connectivity index (χ3v) is 4.80. The SMILES string of the molecule is COc1ccc(C[C@H]2COC(=O)[C@@H]2Cc2cccc(C)c2)cc1OC. The third kappa shape index (κ3) is 3.95. The molecule has 1 fully saturated rings. The van der Waals surface area contributed by atoms with Crippen molar-refractivity contribution in [2.24, 2.45) is 11.8 Å². The van der Waals surface area contributed by atoms with Crippen molar-refractivity contribution < 1.29 is 19.0 Å². The minimum Gasteiger partial charge on any atom is -0.493 e. The highest BCUT2D eigenvalue weighted by molar-refractivity contribution is 5.75. The summed E-state index contributed by atoms with van der Waals surface area (Å²) in [6.45, 7) is 2.54. The van der Waals surface area contributed by atoms with Crippen molar-refractivity contribution in [3.05, 3.63) is 59.2 Å². The summed E-state index contributed by atoms with van der Waals surface area (Å²) in [7, 11) is 3.25. The van der Waals surface area contributed by atoms with Crippen molar-refractivity contribution in [2.45, 2.75) is 19.8 Å². The number of esters is 1. The first-order chi connectivity index (χ1) is 12.1. The van der Waals surface area contributed by atoms with Crippen LogP contribution < -0.4 is 9.47 Å². The van der Waals surface area contributed by atoms with E-state index in [9.17, 15) is 4.79 Å². The second kappa shape index (κ2) is 7.60. The van der Waals surface area contributed by atoms with Gasteiger partial charge in [-0.2, -0.15) is 0 Å². The number of hydrogen-bond acceptors (Lipinski definition) is 4. The molecule has 0 saturated carbocycles. The van der Waals surface area contributed by atoms with Gasteiger partial charge in [0.15, 0.2) is 11.5 Å². The van der Waals surface area contributed by atoms with Gasteiger partial charge < -0.3 is 14.2 Å². The van der Waals surface area contributed by atoms with Gasteiger partial charge in [0.1, 0.15) is 0 Å². The molecule has 0 amide bonds. The zero-order valence-electron chi connectivity index (χ0n) is 15.0. The number of benzene rings is 2. The van der Waals surface area contributed by atoms with Crippen LogP contribution in [0.3, 0.4) is 0 Å². The summed E-state index contributed by atoms with van der Waals surface area (Å²) in [5.74, 6) is 1.40. The molecular formula is C21H24O4. The number of carbonyl (C=O) groups excluding carboxylic acids is 1. The molecule has 0 spiro atoms. The molecule has 0 unspecified atom stereocenters. The van der Waals surface area contributed by atoms with Crippen molar-refractivity contribution in [1.82, 2.24) is 0 Å². The smallest absolute Gasteiger partial charge is 0.309 e. The quantitative estimate of drug-likeness (QED) is 0.754. The van der Waals surface area contributed by atoms with Crippen LogP contribution in [0.15, 0.2) is 42.5 Å². The zero-order valence-corrected chi connectivity index (χ0v) is 15.0. The maximum Gasteiger partial charge on any atom is 0.309 e. The summed E-state index contributed by atoms with van der Waals surface area (Å²) in [5, 5.41) is 0. The summed E-state index contributed by atoms with van der Waals surface area (Å²) in [5.41, 5.74) is 3.51. The van der Waals surface area contributed by atoms with Gasteiger partial charge in [-0.05, 0) is 43.0 Å². The molecule has 0 aromatic heterocycles. The molecule has 0 radical (unpaired) electrons. The Hall–Kier alpha value is -2.49. The number of carbonyl (C=O) groups is 1. The van der Waals surface area contributed by atoms with E-state index >= 15 is 0 Å². The molecule has 1 aliphatic rings. The Labute approximate surface area is 148 Å². The van der Waals surface area contributed by atoms with Gasteiger partial charge in [0.25, 0.3) is 0 Å². The van der Waals surface area contributed by atoms with Crippen molar-refractivity contribution >= 4 is 5.97 Å². The topological polar surface area (TPSA) is 44.8 Å². The fraction of sp³-hybridized carbons (Fsp3) is 0.381. The Kier molecular flexibility index (Phi) is 5.27. The molecule has 1 saturated heterocycles. The van der Waals surface area contributed by atoms with E-state index in [0.717, 1.165) is 18.4 Å². The highest BCUT2D eigenvalue weighted by Crippen LogP contribution is 2.33. The minimum atomic E-state index is -0.102. The lowest BCUT2D eigenvalue weighted by atomic mass is 9.85. The second-order valence-electron chi connectivity index (χ2n) is 6.58. The van der Waals surface area contributed by atoms with E-state index in [1.807, 2.05) is 24.3 Å². The van der Waals surface area contributed by atoms with Crippen LogP contribution in [0.1, 0.15) is 16.7 Å². The lowest BCUT2D eigenvalue weighted by Crippen LogP contribution is -2.20. The first-order valence-electron chi connectivity index (χ1n) is 8.53. The highest BCUT2D eigenvalue weighted by Gasteiger charge is 2.36. The van der Waals surface area contributed by atoms with Gasteiger partial charge in [0.05, 0.1) is 26.7 Å². The van der Waals surface area contributed by atoms with Crippen molar-refractivity contribution in [3.63, 3.8) is 0 Å². The summed E-state index contributed by atoms with van der Waals surface area (Å²) in [4.78, 5) is 12.2. The zero-order chi connectivity index (χ0) is 17.8. The van der Waals surface area contributed by atoms with E-state index in [-0.39, 0.29) is 17.8 Å². The normalized spacial score (nSPS) is 19.6. The molecule has 4 nitrogen and oxygen atoms in total. The Balaban J connectivity index is 1.75. The number of ether oxygens (including phenoxy) is 3. The van der Waals surface area contributed by atoms with Crippen LogP contribution in [0.25, 0.3) is 0 Å². The maximum atomic E-state index is 12.2. The average Bonchev–Trinajstić information content (AvgIpc) is 2.95. The molecule has 2 aromatic carbocycles. The number of methoxy groups -OCH3 is 2. The molecule has 2 atom stereocenters. The molecule has 0 bridgehead atoms. The minimum absolute atomic E-state index is 0.0908. The Morgan fingerprint density at radius 2 is 1.76 bits per heavy atom.